The molecule has 0 aliphatic rings. The van der Waals surface area contributed by atoms with Gasteiger partial charge in [0.1, 0.15) is 11.6 Å². The molecule has 1 aromatic carbocycles. The Bertz CT molecular complexity index is 596. The number of nitrogens with one attached hydrogen (secondary N) is 2. The first-order valence-corrected chi connectivity index (χ1v) is 7.53. The van der Waals surface area contributed by atoms with Gasteiger partial charge in [0.2, 0.25) is 5.95 Å². The fourth-order valence-electron chi connectivity index (χ4n) is 1.97. The van der Waals surface area contributed by atoms with Gasteiger partial charge in [0, 0.05) is 24.8 Å². The summed E-state index contributed by atoms with van der Waals surface area (Å²) >= 11 is 0. The molecule has 0 bridgehead atoms. The molecule has 2 N–H and O–H groups in total. The van der Waals surface area contributed by atoms with Crippen molar-refractivity contribution in [1.29, 1.82) is 0 Å². The molecule has 0 atom stereocenters. The Morgan fingerprint density at radius 3 is 2.45 bits per heavy atom. The van der Waals surface area contributed by atoms with Crippen molar-refractivity contribution >= 4 is 11.8 Å². The highest BCUT2D eigenvalue weighted by Gasteiger charge is 2.03. The SMILES string of the molecule is COc1ccc(CNc2cc(C)nc(NCC(C)C)n2)cc1. The molecule has 0 unspecified atom stereocenters. The second-order valence-electron chi connectivity index (χ2n) is 5.69. The summed E-state index contributed by atoms with van der Waals surface area (Å²) in [4.78, 5) is 8.90. The molecule has 0 fully saturated rings. The van der Waals surface area contributed by atoms with Crippen molar-refractivity contribution in [3.8, 4) is 5.75 Å². The van der Waals surface area contributed by atoms with Gasteiger partial charge in [0.25, 0.3) is 0 Å². The Balaban J connectivity index is 1.99. The summed E-state index contributed by atoms with van der Waals surface area (Å²) in [5, 5.41) is 6.60. The molecule has 0 aliphatic carbocycles. The van der Waals surface area contributed by atoms with E-state index in [1.807, 2.05) is 37.3 Å². The van der Waals surface area contributed by atoms with Crippen molar-refractivity contribution in [2.24, 2.45) is 5.92 Å². The van der Waals surface area contributed by atoms with Crippen LogP contribution in [-0.4, -0.2) is 23.6 Å². The highest BCUT2D eigenvalue weighted by atomic mass is 16.5. The molecular formula is C17H24N4O. The van der Waals surface area contributed by atoms with Crippen molar-refractivity contribution in [2.75, 3.05) is 24.3 Å². The van der Waals surface area contributed by atoms with Crippen LogP contribution in [0.4, 0.5) is 11.8 Å². The third kappa shape index (κ3) is 4.91. The largest absolute Gasteiger partial charge is 0.497 e. The van der Waals surface area contributed by atoms with Crippen LogP contribution in [0.5, 0.6) is 5.75 Å². The molecular weight excluding hydrogens is 276 g/mol. The highest BCUT2D eigenvalue weighted by molar-refractivity contribution is 5.43. The Kier molecular flexibility index (Phi) is 5.58. The van der Waals surface area contributed by atoms with Crippen molar-refractivity contribution < 1.29 is 4.74 Å². The molecule has 0 amide bonds. The average molecular weight is 300 g/mol. The zero-order valence-electron chi connectivity index (χ0n) is 13.7. The number of hydrogen-bond acceptors (Lipinski definition) is 5. The number of rotatable bonds is 7. The second-order valence-corrected chi connectivity index (χ2v) is 5.69. The lowest BCUT2D eigenvalue weighted by Crippen LogP contribution is -2.12. The van der Waals surface area contributed by atoms with Crippen LogP contribution in [0.1, 0.15) is 25.1 Å². The Hall–Kier alpha value is -2.30. The van der Waals surface area contributed by atoms with Crippen LogP contribution in [0.15, 0.2) is 30.3 Å². The van der Waals surface area contributed by atoms with E-state index in [1.165, 1.54) is 5.56 Å². The molecule has 0 aliphatic heterocycles. The van der Waals surface area contributed by atoms with Gasteiger partial charge in [-0.25, -0.2) is 4.98 Å². The lowest BCUT2D eigenvalue weighted by atomic mass is 10.2. The highest BCUT2D eigenvalue weighted by Crippen LogP contribution is 2.14. The van der Waals surface area contributed by atoms with Crippen molar-refractivity contribution in [2.45, 2.75) is 27.3 Å². The first-order chi connectivity index (χ1) is 10.6. The fourth-order valence-corrected chi connectivity index (χ4v) is 1.97. The third-order valence-electron chi connectivity index (χ3n) is 3.16. The molecule has 1 heterocycles. The minimum Gasteiger partial charge on any atom is -0.497 e. The number of nitrogens with zero attached hydrogens (tertiary/aromatic N) is 2. The Morgan fingerprint density at radius 1 is 1.09 bits per heavy atom. The quantitative estimate of drug-likeness (QED) is 0.820. The fraction of sp³-hybridized carbons (Fsp3) is 0.412. The van der Waals surface area contributed by atoms with Gasteiger partial charge < -0.3 is 15.4 Å². The monoisotopic (exact) mass is 300 g/mol. The van der Waals surface area contributed by atoms with E-state index < -0.39 is 0 Å². The maximum Gasteiger partial charge on any atom is 0.224 e. The van der Waals surface area contributed by atoms with Crippen LogP contribution in [0, 0.1) is 12.8 Å². The van der Waals surface area contributed by atoms with Crippen LogP contribution in [0.3, 0.4) is 0 Å². The van der Waals surface area contributed by atoms with Gasteiger partial charge in [-0.05, 0) is 30.5 Å². The summed E-state index contributed by atoms with van der Waals surface area (Å²) in [7, 11) is 1.67. The summed E-state index contributed by atoms with van der Waals surface area (Å²) < 4.78 is 5.16. The predicted molar refractivity (Wildman–Crippen MR) is 90.4 cm³/mol. The molecule has 0 radical (unpaired) electrons. The maximum absolute atomic E-state index is 5.16. The third-order valence-corrected chi connectivity index (χ3v) is 3.16. The van der Waals surface area contributed by atoms with Gasteiger partial charge in [0.15, 0.2) is 0 Å². The summed E-state index contributed by atoms with van der Waals surface area (Å²) in [5.74, 6) is 2.92. The van der Waals surface area contributed by atoms with Crippen molar-refractivity contribution in [3.63, 3.8) is 0 Å². The number of anilines is 2. The standard InChI is InChI=1S/C17H24N4O/c1-12(2)10-19-17-20-13(3)9-16(21-17)18-11-14-5-7-15(22-4)8-6-14/h5-9,12H,10-11H2,1-4H3,(H2,18,19,20,21). The topological polar surface area (TPSA) is 59.1 Å². The maximum atomic E-state index is 5.16. The molecule has 22 heavy (non-hydrogen) atoms. The van der Waals surface area contributed by atoms with Crippen LogP contribution in [0.2, 0.25) is 0 Å². The van der Waals surface area contributed by atoms with Gasteiger partial charge in [-0.2, -0.15) is 4.98 Å². The average Bonchev–Trinajstić information content (AvgIpc) is 2.51. The van der Waals surface area contributed by atoms with Gasteiger partial charge in [-0.15, -0.1) is 0 Å². The van der Waals surface area contributed by atoms with E-state index in [0.29, 0.717) is 18.4 Å². The Labute approximate surface area is 132 Å². The minimum atomic E-state index is 0.555. The van der Waals surface area contributed by atoms with E-state index in [1.54, 1.807) is 7.11 Å². The number of methoxy groups -OCH3 is 1. The zero-order chi connectivity index (χ0) is 15.9. The van der Waals surface area contributed by atoms with Crippen molar-refractivity contribution in [1.82, 2.24) is 9.97 Å². The van der Waals surface area contributed by atoms with E-state index in [4.69, 9.17) is 4.74 Å². The predicted octanol–water partition coefficient (Wildman–Crippen LogP) is 3.47. The van der Waals surface area contributed by atoms with Crippen LogP contribution in [-0.2, 0) is 6.54 Å². The lowest BCUT2D eigenvalue weighted by molar-refractivity contribution is 0.414. The van der Waals surface area contributed by atoms with Crippen LogP contribution in [0.25, 0.3) is 0 Å². The van der Waals surface area contributed by atoms with Gasteiger partial charge >= 0.3 is 0 Å². The van der Waals surface area contributed by atoms with E-state index in [2.05, 4.69) is 34.4 Å². The summed E-state index contributed by atoms with van der Waals surface area (Å²) in [6.45, 7) is 7.86. The first kappa shape index (κ1) is 16.1. The first-order valence-electron chi connectivity index (χ1n) is 7.53. The summed E-state index contributed by atoms with van der Waals surface area (Å²) in [6, 6.07) is 9.94. The van der Waals surface area contributed by atoms with Gasteiger partial charge in [-0.1, -0.05) is 26.0 Å². The summed E-state index contributed by atoms with van der Waals surface area (Å²) in [6.07, 6.45) is 0. The second kappa shape index (κ2) is 7.64. The normalized spacial score (nSPS) is 10.6. The molecule has 5 heteroatoms. The molecule has 2 rings (SSSR count). The zero-order valence-corrected chi connectivity index (χ0v) is 13.7. The van der Waals surface area contributed by atoms with Crippen LogP contribution < -0.4 is 15.4 Å². The van der Waals surface area contributed by atoms with E-state index in [-0.39, 0.29) is 0 Å². The molecule has 5 nitrogen and oxygen atoms in total. The molecule has 1 aromatic heterocycles. The molecule has 0 saturated carbocycles. The van der Waals surface area contributed by atoms with Gasteiger partial charge in [-0.3, -0.25) is 0 Å². The molecule has 0 spiro atoms. The molecule has 2 aromatic rings. The number of ether oxygens (including phenoxy) is 1. The lowest BCUT2D eigenvalue weighted by Gasteiger charge is -2.11. The number of aromatic nitrogens is 2. The smallest absolute Gasteiger partial charge is 0.224 e. The summed E-state index contributed by atoms with van der Waals surface area (Å²) in [5.41, 5.74) is 2.12. The van der Waals surface area contributed by atoms with Crippen molar-refractivity contribution in [3.05, 3.63) is 41.6 Å². The molecule has 0 saturated heterocycles. The van der Waals surface area contributed by atoms with Gasteiger partial charge in [0.05, 0.1) is 7.11 Å². The minimum absolute atomic E-state index is 0.555. The number of hydrogen-bond donors (Lipinski definition) is 2. The van der Waals surface area contributed by atoms with E-state index in [9.17, 15) is 0 Å². The van der Waals surface area contributed by atoms with E-state index >= 15 is 0 Å². The number of aryl methyl sites for hydroxylation is 1. The van der Waals surface area contributed by atoms with Crippen LogP contribution >= 0.6 is 0 Å². The Morgan fingerprint density at radius 2 is 1.82 bits per heavy atom. The molecule has 118 valence electrons. The van der Waals surface area contributed by atoms with E-state index in [0.717, 1.165) is 23.8 Å². The number of benzene rings is 1.